The Bertz CT molecular complexity index is 1140. The van der Waals surface area contributed by atoms with Gasteiger partial charge in [-0.3, -0.25) is 9.59 Å². The molecule has 2 N–H and O–H groups in total. The number of carbonyl (C=O) groups excluding carboxylic acids is 1. The lowest BCUT2D eigenvalue weighted by Gasteiger charge is -2.30. The zero-order valence-electron chi connectivity index (χ0n) is 18.3. The van der Waals surface area contributed by atoms with Crippen molar-refractivity contribution in [2.45, 2.75) is 45.1 Å². The van der Waals surface area contributed by atoms with Gasteiger partial charge in [0.1, 0.15) is 11.5 Å². The summed E-state index contributed by atoms with van der Waals surface area (Å²) in [6.45, 7) is 2.84. The highest BCUT2D eigenvalue weighted by Crippen LogP contribution is 2.37. The molecule has 3 atom stereocenters. The van der Waals surface area contributed by atoms with Gasteiger partial charge in [-0.05, 0) is 66.5 Å². The summed E-state index contributed by atoms with van der Waals surface area (Å²) < 4.78 is 15.6. The SMILES string of the molecule is CNC(=O)C(c1ccc(F)cc1)C(C)CC1CCn2c(c(CC(=O)O)c3cccnc32)C1. The van der Waals surface area contributed by atoms with Crippen molar-refractivity contribution in [3.8, 4) is 0 Å². The number of carboxylic acid groups (broad SMARTS) is 1. The topological polar surface area (TPSA) is 84.2 Å². The molecule has 4 rings (SSSR count). The number of rotatable bonds is 7. The maximum absolute atomic E-state index is 13.4. The predicted octanol–water partition coefficient (Wildman–Crippen LogP) is 3.92. The Morgan fingerprint density at radius 1 is 1.28 bits per heavy atom. The van der Waals surface area contributed by atoms with Crippen molar-refractivity contribution < 1.29 is 19.1 Å². The number of aromatic nitrogens is 2. The average Bonchev–Trinajstić information content (AvgIpc) is 3.08. The fraction of sp³-hybridized carbons (Fsp3) is 0.400. The Balaban J connectivity index is 1.59. The van der Waals surface area contributed by atoms with Crippen LogP contribution in [0.25, 0.3) is 11.0 Å². The van der Waals surface area contributed by atoms with Crippen LogP contribution in [0.4, 0.5) is 4.39 Å². The molecule has 3 aromatic rings. The normalized spacial score (nSPS) is 17.5. The van der Waals surface area contributed by atoms with E-state index in [-0.39, 0.29) is 30.0 Å². The van der Waals surface area contributed by atoms with Crippen molar-refractivity contribution in [1.82, 2.24) is 14.9 Å². The van der Waals surface area contributed by atoms with Crippen molar-refractivity contribution in [2.75, 3.05) is 7.05 Å². The second-order valence-electron chi connectivity index (χ2n) is 8.74. The molecule has 0 radical (unpaired) electrons. The molecular formula is C25H28FN3O3. The first-order valence-electron chi connectivity index (χ1n) is 11.0. The van der Waals surface area contributed by atoms with Gasteiger partial charge in [0, 0.05) is 30.9 Å². The maximum atomic E-state index is 13.4. The third kappa shape index (κ3) is 4.24. The van der Waals surface area contributed by atoms with Crippen molar-refractivity contribution in [1.29, 1.82) is 0 Å². The fourth-order valence-electron chi connectivity index (χ4n) is 5.23. The molecule has 0 aliphatic carbocycles. The summed E-state index contributed by atoms with van der Waals surface area (Å²) in [6, 6.07) is 9.93. The van der Waals surface area contributed by atoms with Gasteiger partial charge in [0.05, 0.1) is 12.3 Å². The summed E-state index contributed by atoms with van der Waals surface area (Å²) in [6.07, 6.45) is 4.23. The lowest BCUT2D eigenvalue weighted by Crippen LogP contribution is -2.32. The number of likely N-dealkylation sites (N-methyl/N-ethyl adjacent to an activating group) is 1. The average molecular weight is 438 g/mol. The van der Waals surface area contributed by atoms with E-state index < -0.39 is 5.97 Å². The van der Waals surface area contributed by atoms with E-state index in [2.05, 4.69) is 21.8 Å². The molecule has 1 aliphatic heterocycles. The van der Waals surface area contributed by atoms with Crippen molar-refractivity contribution >= 4 is 22.9 Å². The van der Waals surface area contributed by atoms with Crippen LogP contribution in [0.2, 0.25) is 0 Å². The molecule has 0 saturated carbocycles. The molecule has 6 nitrogen and oxygen atoms in total. The van der Waals surface area contributed by atoms with Crippen molar-refractivity contribution in [2.24, 2.45) is 11.8 Å². The second kappa shape index (κ2) is 9.10. The van der Waals surface area contributed by atoms with Crippen LogP contribution in [0, 0.1) is 17.7 Å². The van der Waals surface area contributed by atoms with Crippen LogP contribution < -0.4 is 5.32 Å². The lowest BCUT2D eigenvalue weighted by atomic mass is 9.78. The molecule has 1 aromatic carbocycles. The molecule has 3 unspecified atom stereocenters. The first-order chi connectivity index (χ1) is 15.4. The molecule has 2 aromatic heterocycles. The minimum absolute atomic E-state index is 0.0246. The van der Waals surface area contributed by atoms with Gasteiger partial charge in [-0.2, -0.15) is 0 Å². The quantitative estimate of drug-likeness (QED) is 0.587. The largest absolute Gasteiger partial charge is 0.481 e. The number of hydrogen-bond donors (Lipinski definition) is 2. The van der Waals surface area contributed by atoms with Crippen LogP contribution in [0.1, 0.15) is 42.5 Å². The van der Waals surface area contributed by atoms with E-state index in [4.69, 9.17) is 0 Å². The smallest absolute Gasteiger partial charge is 0.307 e. The van der Waals surface area contributed by atoms with Gasteiger partial charge in [0.15, 0.2) is 0 Å². The van der Waals surface area contributed by atoms with Gasteiger partial charge >= 0.3 is 5.97 Å². The number of nitrogens with zero attached hydrogens (tertiary/aromatic N) is 2. The van der Waals surface area contributed by atoms with Crippen LogP contribution >= 0.6 is 0 Å². The Hall–Kier alpha value is -3.22. The Morgan fingerprint density at radius 3 is 2.72 bits per heavy atom. The van der Waals surface area contributed by atoms with Gasteiger partial charge < -0.3 is 15.0 Å². The third-order valence-corrected chi connectivity index (χ3v) is 6.64. The fourth-order valence-corrected chi connectivity index (χ4v) is 5.23. The van der Waals surface area contributed by atoms with Gasteiger partial charge in [0.2, 0.25) is 5.91 Å². The Labute approximate surface area is 186 Å². The lowest BCUT2D eigenvalue weighted by molar-refractivity contribution is -0.136. The van der Waals surface area contributed by atoms with Crippen LogP contribution in [0.5, 0.6) is 0 Å². The van der Waals surface area contributed by atoms with Gasteiger partial charge in [-0.25, -0.2) is 9.37 Å². The van der Waals surface area contributed by atoms with Gasteiger partial charge in [-0.1, -0.05) is 19.1 Å². The van der Waals surface area contributed by atoms with E-state index in [0.717, 1.165) is 53.7 Å². The molecule has 1 aliphatic rings. The summed E-state index contributed by atoms with van der Waals surface area (Å²) in [5.41, 5.74) is 3.54. The molecule has 168 valence electrons. The number of aryl methyl sites for hydroxylation is 1. The number of fused-ring (bicyclic) bond motifs is 3. The number of aliphatic carboxylic acids is 1. The molecule has 32 heavy (non-hydrogen) atoms. The maximum Gasteiger partial charge on any atom is 0.307 e. The molecule has 0 fully saturated rings. The molecule has 7 heteroatoms. The summed E-state index contributed by atoms with van der Waals surface area (Å²) in [4.78, 5) is 28.7. The molecule has 3 heterocycles. The zero-order chi connectivity index (χ0) is 22.8. The number of pyridine rings is 1. The van der Waals surface area contributed by atoms with E-state index in [1.165, 1.54) is 12.1 Å². The molecule has 0 bridgehead atoms. The number of carboxylic acids is 1. The van der Waals surface area contributed by atoms with E-state index in [9.17, 15) is 19.1 Å². The van der Waals surface area contributed by atoms with Crippen molar-refractivity contribution in [3.05, 3.63) is 65.2 Å². The first kappa shape index (κ1) is 22.0. The summed E-state index contributed by atoms with van der Waals surface area (Å²) in [5, 5.41) is 13.1. The second-order valence-corrected chi connectivity index (χ2v) is 8.74. The minimum Gasteiger partial charge on any atom is -0.481 e. The number of nitrogens with one attached hydrogen (secondary N) is 1. The third-order valence-electron chi connectivity index (χ3n) is 6.64. The standard InChI is InChI=1S/C25H28FN3O3/c1-15(23(25(32)27-2)17-5-7-18(26)8-6-17)12-16-9-11-29-21(13-16)20(14-22(30)31)19-4-3-10-28-24(19)29/h3-8,10,15-16,23H,9,11-14H2,1-2H3,(H,27,32)(H,30,31). The minimum atomic E-state index is -0.851. The Morgan fingerprint density at radius 2 is 2.03 bits per heavy atom. The van der Waals surface area contributed by atoms with Crippen LogP contribution in [0.15, 0.2) is 42.6 Å². The molecule has 0 saturated heterocycles. The summed E-state index contributed by atoms with van der Waals surface area (Å²) in [5.74, 6) is -1.25. The first-order valence-corrected chi connectivity index (χ1v) is 11.0. The number of halogens is 1. The van der Waals surface area contributed by atoms with E-state index in [0.29, 0.717) is 5.92 Å². The molecular weight excluding hydrogens is 409 g/mol. The predicted molar refractivity (Wildman–Crippen MR) is 120 cm³/mol. The number of carbonyl (C=O) groups is 2. The highest BCUT2D eigenvalue weighted by atomic mass is 19.1. The number of benzene rings is 1. The van der Waals surface area contributed by atoms with Crippen LogP contribution in [0.3, 0.4) is 0 Å². The molecule has 1 amide bonds. The van der Waals surface area contributed by atoms with E-state index >= 15 is 0 Å². The monoisotopic (exact) mass is 437 g/mol. The number of hydrogen-bond acceptors (Lipinski definition) is 3. The number of amides is 1. The van der Waals surface area contributed by atoms with Crippen LogP contribution in [-0.2, 0) is 29.0 Å². The summed E-state index contributed by atoms with van der Waals surface area (Å²) in [7, 11) is 1.62. The highest BCUT2D eigenvalue weighted by molar-refractivity contribution is 5.87. The Kier molecular flexibility index (Phi) is 6.26. The van der Waals surface area contributed by atoms with E-state index in [1.54, 1.807) is 25.4 Å². The highest BCUT2D eigenvalue weighted by Gasteiger charge is 2.32. The van der Waals surface area contributed by atoms with Gasteiger partial charge in [0.25, 0.3) is 0 Å². The van der Waals surface area contributed by atoms with Crippen molar-refractivity contribution in [3.63, 3.8) is 0 Å². The van der Waals surface area contributed by atoms with Gasteiger partial charge in [-0.15, -0.1) is 0 Å². The molecule has 0 spiro atoms. The van der Waals surface area contributed by atoms with E-state index in [1.807, 2.05) is 12.1 Å². The van der Waals surface area contributed by atoms with Crippen LogP contribution in [-0.4, -0.2) is 33.6 Å². The zero-order valence-corrected chi connectivity index (χ0v) is 18.3. The summed E-state index contributed by atoms with van der Waals surface area (Å²) >= 11 is 0.